The van der Waals surface area contributed by atoms with E-state index in [1.807, 2.05) is 38.1 Å². The van der Waals surface area contributed by atoms with Crippen LogP contribution in [0.25, 0.3) is 0 Å². The second kappa shape index (κ2) is 8.41. The Bertz CT molecular complexity index is 814. The number of ether oxygens (including phenoxy) is 1. The molecule has 3 N–H and O–H groups in total. The topological polar surface area (TPSA) is 82.0 Å². The maximum Gasteiger partial charge on any atom is 0.259 e. The third-order valence-corrected chi connectivity index (χ3v) is 4.71. The quantitative estimate of drug-likeness (QED) is 0.752. The van der Waals surface area contributed by atoms with Gasteiger partial charge >= 0.3 is 0 Å². The van der Waals surface area contributed by atoms with Crippen LogP contribution >= 0.6 is 0 Å². The van der Waals surface area contributed by atoms with Gasteiger partial charge in [0.05, 0.1) is 18.8 Å². The van der Waals surface area contributed by atoms with Crippen molar-refractivity contribution < 1.29 is 19.7 Å². The molecule has 0 spiro atoms. The highest BCUT2D eigenvalue weighted by molar-refractivity contribution is 6.06. The van der Waals surface area contributed by atoms with Crippen molar-refractivity contribution in [2.24, 2.45) is 0 Å². The number of nitrogens with zero attached hydrogens (tertiary/aromatic N) is 1. The van der Waals surface area contributed by atoms with Crippen molar-refractivity contribution in [1.82, 2.24) is 4.90 Å². The van der Waals surface area contributed by atoms with Crippen LogP contribution in [-0.2, 0) is 11.3 Å². The molecule has 2 aromatic carbocycles. The summed E-state index contributed by atoms with van der Waals surface area (Å²) in [5.74, 6) is -0.614. The number of amides is 1. The van der Waals surface area contributed by atoms with Crippen LogP contribution in [0.3, 0.4) is 0 Å². The minimum absolute atomic E-state index is 0.00782. The van der Waals surface area contributed by atoms with Crippen molar-refractivity contribution in [2.75, 3.05) is 31.6 Å². The van der Waals surface area contributed by atoms with E-state index in [2.05, 4.69) is 10.2 Å². The number of benzene rings is 2. The number of phenolic OH excluding ortho intramolecular Hbond substituents is 2. The predicted molar refractivity (Wildman–Crippen MR) is 104 cm³/mol. The molecule has 1 saturated heterocycles. The summed E-state index contributed by atoms with van der Waals surface area (Å²) < 4.78 is 5.37. The first-order valence-electron chi connectivity index (χ1n) is 9.20. The van der Waals surface area contributed by atoms with Crippen molar-refractivity contribution in [2.45, 2.75) is 26.3 Å². The van der Waals surface area contributed by atoms with Gasteiger partial charge < -0.3 is 20.3 Å². The summed E-state index contributed by atoms with van der Waals surface area (Å²) in [5, 5.41) is 22.9. The van der Waals surface area contributed by atoms with Crippen LogP contribution in [0.2, 0.25) is 0 Å². The van der Waals surface area contributed by atoms with Gasteiger partial charge in [-0.25, -0.2) is 0 Å². The van der Waals surface area contributed by atoms with E-state index < -0.39 is 5.91 Å². The number of nitrogens with one attached hydrogen (secondary N) is 1. The minimum atomic E-state index is -0.405. The Hall–Kier alpha value is -2.57. The van der Waals surface area contributed by atoms with Gasteiger partial charge in [0.2, 0.25) is 0 Å². The Balaban J connectivity index is 1.74. The fourth-order valence-electron chi connectivity index (χ4n) is 3.20. The Morgan fingerprint density at radius 2 is 1.89 bits per heavy atom. The van der Waals surface area contributed by atoms with Crippen LogP contribution in [0.15, 0.2) is 36.4 Å². The predicted octanol–water partition coefficient (Wildman–Crippen LogP) is 3.31. The number of hydrogen-bond acceptors (Lipinski definition) is 5. The lowest BCUT2D eigenvalue weighted by molar-refractivity contribution is 0.0342. The van der Waals surface area contributed by atoms with Crippen molar-refractivity contribution in [1.29, 1.82) is 0 Å². The molecule has 2 aromatic rings. The van der Waals surface area contributed by atoms with Crippen LogP contribution in [0.4, 0.5) is 5.69 Å². The van der Waals surface area contributed by atoms with Gasteiger partial charge in [0.25, 0.3) is 5.91 Å². The number of rotatable bonds is 5. The molecule has 1 heterocycles. The lowest BCUT2D eigenvalue weighted by Crippen LogP contribution is -2.35. The molecule has 3 rings (SSSR count). The summed E-state index contributed by atoms with van der Waals surface area (Å²) in [7, 11) is 0. The summed E-state index contributed by atoms with van der Waals surface area (Å²) in [4.78, 5) is 15.0. The van der Waals surface area contributed by atoms with E-state index in [0.29, 0.717) is 11.3 Å². The van der Waals surface area contributed by atoms with Crippen LogP contribution in [-0.4, -0.2) is 47.3 Å². The van der Waals surface area contributed by atoms with E-state index >= 15 is 0 Å². The number of carbonyl (C=O) groups is 1. The third kappa shape index (κ3) is 4.78. The van der Waals surface area contributed by atoms with E-state index in [9.17, 15) is 15.0 Å². The molecule has 0 bridgehead atoms. The zero-order valence-electron chi connectivity index (χ0n) is 15.7. The largest absolute Gasteiger partial charge is 0.508 e. The van der Waals surface area contributed by atoms with Crippen molar-refractivity contribution in [3.63, 3.8) is 0 Å². The Morgan fingerprint density at radius 3 is 2.59 bits per heavy atom. The molecule has 1 fully saturated rings. The number of hydrogen-bond donors (Lipinski definition) is 3. The van der Waals surface area contributed by atoms with Gasteiger partial charge in [-0.1, -0.05) is 26.0 Å². The second-order valence-electron chi connectivity index (χ2n) is 7.13. The molecule has 0 atom stereocenters. The summed E-state index contributed by atoms with van der Waals surface area (Å²) in [5.41, 5.74) is 2.55. The number of phenols is 2. The normalized spacial score (nSPS) is 15.1. The maximum atomic E-state index is 12.6. The van der Waals surface area contributed by atoms with Gasteiger partial charge in [0, 0.05) is 31.4 Å². The first-order chi connectivity index (χ1) is 12.9. The van der Waals surface area contributed by atoms with Crippen molar-refractivity contribution in [3.8, 4) is 11.5 Å². The molecule has 6 nitrogen and oxygen atoms in total. The number of anilines is 1. The van der Waals surface area contributed by atoms with E-state index in [4.69, 9.17) is 4.74 Å². The van der Waals surface area contributed by atoms with E-state index in [1.165, 1.54) is 6.07 Å². The number of carbonyl (C=O) groups excluding carboxylic acids is 1. The number of aromatic hydroxyl groups is 2. The van der Waals surface area contributed by atoms with Crippen LogP contribution in [0, 0.1) is 0 Å². The molecule has 1 aliphatic heterocycles. The van der Waals surface area contributed by atoms with Gasteiger partial charge in [-0.15, -0.1) is 0 Å². The molecule has 0 saturated carbocycles. The molecule has 1 amide bonds. The molecule has 1 aliphatic rings. The molecule has 0 aliphatic carbocycles. The highest BCUT2D eigenvalue weighted by Crippen LogP contribution is 2.32. The van der Waals surface area contributed by atoms with Crippen LogP contribution in [0.1, 0.15) is 41.3 Å². The first-order valence-corrected chi connectivity index (χ1v) is 9.20. The molecular formula is C21H26N2O4. The van der Waals surface area contributed by atoms with Gasteiger partial charge in [0.1, 0.15) is 11.5 Å². The van der Waals surface area contributed by atoms with Gasteiger partial charge in [0.15, 0.2) is 0 Å². The monoisotopic (exact) mass is 370 g/mol. The SMILES string of the molecule is CC(C)c1cc(C(=O)Nc2cccc(CN3CCOCC3)c2)c(O)cc1O. The van der Waals surface area contributed by atoms with Crippen molar-refractivity contribution >= 4 is 11.6 Å². The lowest BCUT2D eigenvalue weighted by atomic mass is 9.98. The van der Waals surface area contributed by atoms with Crippen molar-refractivity contribution in [3.05, 3.63) is 53.1 Å². The van der Waals surface area contributed by atoms with Gasteiger partial charge in [-0.05, 0) is 35.2 Å². The first kappa shape index (κ1) is 19.2. The van der Waals surface area contributed by atoms with Crippen LogP contribution in [0.5, 0.6) is 11.5 Å². The smallest absolute Gasteiger partial charge is 0.259 e. The highest BCUT2D eigenvalue weighted by atomic mass is 16.5. The van der Waals surface area contributed by atoms with E-state index in [-0.39, 0.29) is 23.0 Å². The Labute approximate surface area is 159 Å². The lowest BCUT2D eigenvalue weighted by Gasteiger charge is -2.26. The van der Waals surface area contributed by atoms with E-state index in [0.717, 1.165) is 38.4 Å². The summed E-state index contributed by atoms with van der Waals surface area (Å²) >= 11 is 0. The Morgan fingerprint density at radius 1 is 1.15 bits per heavy atom. The standard InChI is InChI=1S/C21H26N2O4/c1-14(2)17-11-18(20(25)12-19(17)24)21(26)22-16-5-3-4-15(10-16)13-23-6-8-27-9-7-23/h3-5,10-12,14,24-25H,6-9,13H2,1-2H3,(H,22,26). The average Bonchev–Trinajstić information content (AvgIpc) is 2.62. The molecule has 0 aromatic heterocycles. The van der Waals surface area contributed by atoms with Gasteiger partial charge in [-0.3, -0.25) is 9.69 Å². The molecule has 144 valence electrons. The minimum Gasteiger partial charge on any atom is -0.508 e. The fraction of sp³-hybridized carbons (Fsp3) is 0.381. The summed E-state index contributed by atoms with van der Waals surface area (Å²) in [6.07, 6.45) is 0. The summed E-state index contributed by atoms with van der Waals surface area (Å²) in [6, 6.07) is 10.5. The third-order valence-electron chi connectivity index (χ3n) is 4.71. The zero-order valence-corrected chi connectivity index (χ0v) is 15.7. The highest BCUT2D eigenvalue weighted by Gasteiger charge is 2.17. The molecule has 27 heavy (non-hydrogen) atoms. The summed E-state index contributed by atoms with van der Waals surface area (Å²) in [6.45, 7) is 7.93. The van der Waals surface area contributed by atoms with E-state index in [1.54, 1.807) is 6.07 Å². The Kier molecular flexibility index (Phi) is 5.98. The van der Waals surface area contributed by atoms with Gasteiger partial charge in [-0.2, -0.15) is 0 Å². The molecule has 0 radical (unpaired) electrons. The van der Waals surface area contributed by atoms with Crippen LogP contribution < -0.4 is 5.32 Å². The number of morpholine rings is 1. The second-order valence-corrected chi connectivity index (χ2v) is 7.13. The molecule has 6 heteroatoms. The fourth-order valence-corrected chi connectivity index (χ4v) is 3.20. The molecular weight excluding hydrogens is 344 g/mol. The molecule has 0 unspecified atom stereocenters. The maximum absolute atomic E-state index is 12.6. The zero-order chi connectivity index (χ0) is 19.4. The average molecular weight is 370 g/mol.